The summed E-state index contributed by atoms with van der Waals surface area (Å²) in [6.45, 7) is 5.68. The number of alkyl halides is 3. The molecule has 0 aliphatic rings. The Morgan fingerprint density at radius 2 is 1.31 bits per heavy atom. The normalized spacial score (nSPS) is 12.4. The number of aromatic nitrogens is 1. The summed E-state index contributed by atoms with van der Waals surface area (Å²) in [5.41, 5.74) is 0.780. The Balaban J connectivity index is 2.22. The highest BCUT2D eigenvalue weighted by atomic mass is 19.4. The molecular weight excluding hydrogens is 373 g/mol. The number of fused-ring (bicyclic) bond motifs is 3. The molecule has 2 nitrogen and oxygen atoms in total. The zero-order valence-corrected chi connectivity index (χ0v) is 16.3. The van der Waals surface area contributed by atoms with Crippen LogP contribution in [-0.4, -0.2) is 4.57 Å². The number of para-hydroxylation sites is 2. The second kappa shape index (κ2) is 6.38. The van der Waals surface area contributed by atoms with Crippen LogP contribution >= 0.6 is 0 Å². The third kappa shape index (κ3) is 3.05. The molecule has 0 fully saturated rings. The zero-order valence-electron chi connectivity index (χ0n) is 16.3. The van der Waals surface area contributed by atoms with Gasteiger partial charge in [0.05, 0.1) is 33.9 Å². The van der Waals surface area contributed by atoms with Crippen molar-refractivity contribution < 1.29 is 13.2 Å². The summed E-state index contributed by atoms with van der Waals surface area (Å²) in [4.78, 5) is 0. The van der Waals surface area contributed by atoms with Crippen molar-refractivity contribution in [2.24, 2.45) is 0 Å². The van der Waals surface area contributed by atoms with Crippen LogP contribution in [0.2, 0.25) is 0 Å². The summed E-state index contributed by atoms with van der Waals surface area (Å²) >= 11 is 0. The second-order valence-electron chi connectivity index (χ2n) is 8.14. The maximum absolute atomic E-state index is 14.1. The van der Waals surface area contributed by atoms with Gasteiger partial charge in [-0.3, -0.25) is 0 Å². The van der Waals surface area contributed by atoms with Crippen molar-refractivity contribution in [3.63, 3.8) is 0 Å². The Labute approximate surface area is 166 Å². The molecule has 5 heteroatoms. The maximum Gasteiger partial charge on any atom is 0.418 e. The van der Waals surface area contributed by atoms with Crippen molar-refractivity contribution in [1.82, 2.24) is 4.57 Å². The number of hydrogen-bond acceptors (Lipinski definition) is 1. The molecule has 4 aromatic rings. The third-order valence-electron chi connectivity index (χ3n) is 5.19. The van der Waals surface area contributed by atoms with E-state index in [-0.39, 0.29) is 11.3 Å². The molecule has 0 atom stereocenters. The molecule has 1 heterocycles. The van der Waals surface area contributed by atoms with Gasteiger partial charge in [0.25, 0.3) is 0 Å². The van der Waals surface area contributed by atoms with Crippen LogP contribution in [0.15, 0.2) is 60.7 Å². The van der Waals surface area contributed by atoms with Gasteiger partial charge in [0, 0.05) is 10.8 Å². The lowest BCUT2D eigenvalue weighted by atomic mass is 9.82. The average Bonchev–Trinajstić information content (AvgIpc) is 3.00. The Morgan fingerprint density at radius 1 is 0.793 bits per heavy atom. The molecule has 0 aliphatic heterocycles. The van der Waals surface area contributed by atoms with Crippen molar-refractivity contribution in [2.45, 2.75) is 32.4 Å². The average molecular weight is 392 g/mol. The number of hydrogen-bond donors (Lipinski definition) is 0. The van der Waals surface area contributed by atoms with Crippen LogP contribution in [0, 0.1) is 11.3 Å². The Bertz CT molecular complexity index is 1230. The monoisotopic (exact) mass is 392 g/mol. The van der Waals surface area contributed by atoms with Gasteiger partial charge in [-0.2, -0.15) is 18.4 Å². The third-order valence-corrected chi connectivity index (χ3v) is 5.19. The summed E-state index contributed by atoms with van der Waals surface area (Å²) in [6.07, 6.45) is -4.59. The molecule has 0 bridgehead atoms. The van der Waals surface area contributed by atoms with E-state index in [0.29, 0.717) is 16.6 Å². The predicted octanol–water partition coefficient (Wildman–Crippen LogP) is 6.97. The minimum absolute atomic E-state index is 0.0406. The second-order valence-corrected chi connectivity index (χ2v) is 8.14. The predicted molar refractivity (Wildman–Crippen MR) is 109 cm³/mol. The molecule has 0 unspecified atom stereocenters. The van der Waals surface area contributed by atoms with Gasteiger partial charge in [-0.25, -0.2) is 0 Å². The van der Waals surface area contributed by atoms with Crippen molar-refractivity contribution in [3.8, 4) is 11.8 Å². The van der Waals surface area contributed by atoms with Gasteiger partial charge in [-0.1, -0.05) is 57.2 Å². The lowest BCUT2D eigenvalue weighted by Crippen LogP contribution is -2.18. The van der Waals surface area contributed by atoms with E-state index in [4.69, 9.17) is 0 Å². The molecule has 0 radical (unpaired) electrons. The fraction of sp³-hybridized carbons (Fsp3) is 0.208. The first kappa shape index (κ1) is 19.1. The highest BCUT2D eigenvalue weighted by Gasteiger charge is 2.37. The van der Waals surface area contributed by atoms with Crippen LogP contribution in [-0.2, 0) is 11.6 Å². The van der Waals surface area contributed by atoms with E-state index in [1.807, 2.05) is 75.4 Å². The molecule has 0 saturated heterocycles. The quantitative estimate of drug-likeness (QED) is 0.344. The lowest BCUT2D eigenvalue weighted by molar-refractivity contribution is -0.137. The first-order valence-corrected chi connectivity index (χ1v) is 9.27. The summed E-state index contributed by atoms with van der Waals surface area (Å²) in [7, 11) is 0. The van der Waals surface area contributed by atoms with Crippen molar-refractivity contribution in [1.29, 1.82) is 5.26 Å². The number of nitrogens with zero attached hydrogens (tertiary/aromatic N) is 2. The van der Waals surface area contributed by atoms with Gasteiger partial charge in [-0.15, -0.1) is 0 Å². The van der Waals surface area contributed by atoms with Crippen LogP contribution in [0.25, 0.3) is 27.5 Å². The SMILES string of the molecule is CC(C)(C)c1cc(-n2c3ccccc3c3ccccc32)c(C(F)(F)F)cc1C#N. The summed E-state index contributed by atoms with van der Waals surface area (Å²) in [6, 6.07) is 19.3. The molecule has 0 spiro atoms. The van der Waals surface area contributed by atoms with Gasteiger partial charge in [0.1, 0.15) is 0 Å². The highest BCUT2D eigenvalue weighted by Crippen LogP contribution is 2.41. The Morgan fingerprint density at radius 3 is 1.76 bits per heavy atom. The fourth-order valence-corrected chi connectivity index (χ4v) is 3.90. The van der Waals surface area contributed by atoms with E-state index >= 15 is 0 Å². The fourth-order valence-electron chi connectivity index (χ4n) is 3.90. The smallest absolute Gasteiger partial charge is 0.309 e. The molecule has 4 rings (SSSR count). The number of nitriles is 1. The molecule has 29 heavy (non-hydrogen) atoms. The molecule has 0 saturated carbocycles. The van der Waals surface area contributed by atoms with Gasteiger partial charge in [0.15, 0.2) is 0 Å². The first-order chi connectivity index (χ1) is 13.6. The van der Waals surface area contributed by atoms with E-state index in [0.717, 1.165) is 16.8 Å². The molecule has 0 N–H and O–H groups in total. The van der Waals surface area contributed by atoms with Crippen LogP contribution in [0.5, 0.6) is 0 Å². The number of halogens is 3. The van der Waals surface area contributed by atoms with Crippen LogP contribution in [0.4, 0.5) is 13.2 Å². The van der Waals surface area contributed by atoms with Gasteiger partial charge >= 0.3 is 6.18 Å². The van der Waals surface area contributed by atoms with E-state index in [9.17, 15) is 18.4 Å². The molecule has 0 aliphatic carbocycles. The van der Waals surface area contributed by atoms with Crippen molar-refractivity contribution in [3.05, 3.63) is 77.4 Å². The summed E-state index contributed by atoms with van der Waals surface area (Å²) < 4.78 is 43.8. The number of benzene rings is 3. The van der Waals surface area contributed by atoms with Crippen LogP contribution in [0.1, 0.15) is 37.5 Å². The lowest BCUT2D eigenvalue weighted by Gasteiger charge is -2.24. The zero-order chi connectivity index (χ0) is 21.0. The van der Waals surface area contributed by atoms with Crippen LogP contribution < -0.4 is 0 Å². The highest BCUT2D eigenvalue weighted by molar-refractivity contribution is 6.09. The van der Waals surface area contributed by atoms with E-state index in [1.165, 1.54) is 6.07 Å². The van der Waals surface area contributed by atoms with E-state index in [2.05, 4.69) is 0 Å². The largest absolute Gasteiger partial charge is 0.418 e. The molecule has 0 amide bonds. The van der Waals surface area contributed by atoms with Crippen molar-refractivity contribution >= 4 is 21.8 Å². The standard InChI is InChI=1S/C24H19F3N2/c1-23(2,3)18-13-22(19(24(25,26)27)12-15(18)14-28)29-20-10-6-4-8-16(20)17-9-5-7-11-21(17)29/h4-13H,1-3H3. The Hall–Kier alpha value is -3.26. The molecule has 146 valence electrons. The minimum atomic E-state index is -4.59. The van der Waals surface area contributed by atoms with E-state index < -0.39 is 17.2 Å². The molecular formula is C24H19F3N2. The van der Waals surface area contributed by atoms with Crippen molar-refractivity contribution in [2.75, 3.05) is 0 Å². The first-order valence-electron chi connectivity index (χ1n) is 9.27. The number of rotatable bonds is 1. The summed E-state index contributed by atoms with van der Waals surface area (Å²) in [5, 5.41) is 11.3. The molecule has 1 aromatic heterocycles. The topological polar surface area (TPSA) is 28.7 Å². The van der Waals surface area contributed by atoms with Gasteiger partial charge in [0.2, 0.25) is 0 Å². The van der Waals surface area contributed by atoms with E-state index in [1.54, 1.807) is 4.57 Å². The van der Waals surface area contributed by atoms with Gasteiger partial charge in [-0.05, 0) is 35.2 Å². The minimum Gasteiger partial charge on any atom is -0.309 e. The Kier molecular flexibility index (Phi) is 4.20. The summed E-state index contributed by atoms with van der Waals surface area (Å²) in [5.74, 6) is 0. The van der Waals surface area contributed by atoms with Gasteiger partial charge < -0.3 is 4.57 Å². The maximum atomic E-state index is 14.1. The molecule has 3 aromatic carbocycles. The van der Waals surface area contributed by atoms with Crippen LogP contribution in [0.3, 0.4) is 0 Å².